The molecule has 2 saturated heterocycles. The number of fused-ring (bicyclic) bond motifs is 4. The Labute approximate surface area is 354 Å². The van der Waals surface area contributed by atoms with Crippen LogP contribution in [0.4, 0.5) is 9.59 Å². The van der Waals surface area contributed by atoms with Crippen LogP contribution in [0.1, 0.15) is 101 Å². The normalized spacial score (nSPS) is 19.3. The van der Waals surface area contributed by atoms with E-state index >= 15 is 0 Å². The van der Waals surface area contributed by atoms with E-state index in [1.54, 1.807) is 0 Å². The summed E-state index contributed by atoms with van der Waals surface area (Å²) in [6.07, 6.45) is 5.59. The molecule has 320 valence electrons. The first-order valence-electron chi connectivity index (χ1n) is 21.2. The molecule has 3 aliphatic heterocycles. The number of likely N-dealkylation sites (tertiary alicyclic amines) is 2. The van der Waals surface area contributed by atoms with E-state index < -0.39 is 24.3 Å². The lowest BCUT2D eigenvalue weighted by atomic mass is 9.86. The van der Waals surface area contributed by atoms with Crippen LogP contribution in [0.2, 0.25) is 0 Å². The van der Waals surface area contributed by atoms with Crippen LogP contribution in [0.15, 0.2) is 60.9 Å². The highest BCUT2D eigenvalue weighted by atomic mass is 16.5. The van der Waals surface area contributed by atoms with Crippen molar-refractivity contribution < 1.29 is 33.4 Å². The SMILES string of the molecule is COC(=O)NC(C(=O)N1CCC[C@H]1c1ncc(-c2ccc3c(c2)C(C)c2ccc4cc(-c5cnc([C@@H]6CCCN6C(=O)C(NC(=O)OC)C(C)C)[nH]5)ccc4c2O3)[nH]1)C(C)C. The molecule has 61 heavy (non-hydrogen) atoms. The number of ether oxygens (including phenoxy) is 3. The molecule has 3 aliphatic rings. The van der Waals surface area contributed by atoms with E-state index in [0.29, 0.717) is 24.7 Å². The van der Waals surface area contributed by atoms with Crippen molar-refractivity contribution in [2.24, 2.45) is 11.8 Å². The number of imidazole rings is 2. The maximum absolute atomic E-state index is 13.7. The highest BCUT2D eigenvalue weighted by Crippen LogP contribution is 2.48. The molecule has 2 fully saturated rings. The van der Waals surface area contributed by atoms with E-state index in [-0.39, 0.29) is 41.7 Å². The first-order valence-corrected chi connectivity index (χ1v) is 21.2. The number of benzene rings is 3. The zero-order valence-electron chi connectivity index (χ0n) is 35.7. The molecule has 0 saturated carbocycles. The van der Waals surface area contributed by atoms with E-state index in [9.17, 15) is 19.2 Å². The Hall–Kier alpha value is -6.38. The highest BCUT2D eigenvalue weighted by molar-refractivity contribution is 5.94. The predicted octanol–water partition coefficient (Wildman–Crippen LogP) is 7.97. The molecule has 0 spiro atoms. The van der Waals surface area contributed by atoms with E-state index in [1.807, 2.05) is 62.0 Å². The number of H-pyrrole nitrogens is 2. The summed E-state index contributed by atoms with van der Waals surface area (Å²) in [6.45, 7) is 11.0. The third kappa shape index (κ3) is 7.88. The first-order chi connectivity index (χ1) is 29.4. The zero-order chi connectivity index (χ0) is 43.1. The number of hydrogen-bond donors (Lipinski definition) is 4. The van der Waals surface area contributed by atoms with Crippen molar-refractivity contribution in [3.63, 3.8) is 0 Å². The van der Waals surface area contributed by atoms with Crippen molar-refractivity contribution in [3.8, 4) is 34.0 Å². The van der Waals surface area contributed by atoms with Crippen LogP contribution in [0.5, 0.6) is 11.5 Å². The molecule has 5 heterocycles. The Morgan fingerprint density at radius 3 is 1.77 bits per heavy atom. The molecule has 0 radical (unpaired) electrons. The Bertz CT molecular complexity index is 2470. The minimum Gasteiger partial charge on any atom is -0.456 e. The average molecular weight is 831 g/mol. The Morgan fingerprint density at radius 2 is 1.25 bits per heavy atom. The van der Waals surface area contributed by atoms with Gasteiger partial charge in [0.25, 0.3) is 0 Å². The lowest BCUT2D eigenvalue weighted by Gasteiger charge is -2.30. The Morgan fingerprint density at radius 1 is 0.721 bits per heavy atom. The van der Waals surface area contributed by atoms with Crippen LogP contribution >= 0.6 is 0 Å². The monoisotopic (exact) mass is 830 g/mol. The number of rotatable bonds is 10. The van der Waals surface area contributed by atoms with Gasteiger partial charge in [0, 0.05) is 46.6 Å². The first kappa shape index (κ1) is 41.4. The van der Waals surface area contributed by atoms with Gasteiger partial charge in [-0.3, -0.25) is 9.59 Å². The minimum absolute atomic E-state index is 0.0498. The number of nitrogens with zero attached hydrogens (tertiary/aromatic N) is 4. The zero-order valence-corrected chi connectivity index (χ0v) is 35.7. The minimum atomic E-state index is -0.701. The van der Waals surface area contributed by atoms with Gasteiger partial charge in [0.2, 0.25) is 11.8 Å². The van der Waals surface area contributed by atoms with Crippen molar-refractivity contribution in [1.82, 2.24) is 40.4 Å². The number of carbonyl (C=O) groups excluding carboxylic acids is 4. The van der Waals surface area contributed by atoms with Gasteiger partial charge in [-0.25, -0.2) is 19.6 Å². The summed E-state index contributed by atoms with van der Waals surface area (Å²) in [7, 11) is 2.58. The van der Waals surface area contributed by atoms with Crippen LogP contribution < -0.4 is 15.4 Å². The summed E-state index contributed by atoms with van der Waals surface area (Å²) in [6, 6.07) is 14.9. The summed E-state index contributed by atoms with van der Waals surface area (Å²) in [4.78, 5) is 71.5. The van der Waals surface area contributed by atoms with Crippen molar-refractivity contribution in [2.45, 2.75) is 90.4 Å². The molecule has 15 heteroatoms. The van der Waals surface area contributed by atoms with Crippen molar-refractivity contribution in [1.29, 1.82) is 0 Å². The topological polar surface area (TPSA) is 184 Å². The third-order valence-electron chi connectivity index (χ3n) is 12.5. The van der Waals surface area contributed by atoms with E-state index in [4.69, 9.17) is 24.2 Å². The smallest absolute Gasteiger partial charge is 0.407 e. The number of hydrogen-bond acceptors (Lipinski definition) is 9. The number of amides is 4. The van der Waals surface area contributed by atoms with Gasteiger partial charge < -0.3 is 44.6 Å². The molecule has 4 amide bonds. The lowest BCUT2D eigenvalue weighted by Crippen LogP contribution is -2.51. The van der Waals surface area contributed by atoms with Crippen LogP contribution in [0, 0.1) is 11.8 Å². The Balaban J connectivity index is 0.987. The fourth-order valence-electron chi connectivity index (χ4n) is 9.06. The van der Waals surface area contributed by atoms with Gasteiger partial charge in [0.15, 0.2) is 0 Å². The van der Waals surface area contributed by atoms with Gasteiger partial charge in [-0.15, -0.1) is 0 Å². The summed E-state index contributed by atoms with van der Waals surface area (Å²) >= 11 is 0. The van der Waals surface area contributed by atoms with E-state index in [2.05, 4.69) is 63.9 Å². The summed E-state index contributed by atoms with van der Waals surface area (Å²) < 4.78 is 16.2. The van der Waals surface area contributed by atoms with Crippen LogP contribution in [0.3, 0.4) is 0 Å². The summed E-state index contributed by atoms with van der Waals surface area (Å²) in [5, 5.41) is 7.44. The number of aromatic nitrogens is 4. The maximum Gasteiger partial charge on any atom is 0.407 e. The number of aromatic amines is 2. The molecule has 5 aromatic rings. The number of nitrogens with one attached hydrogen (secondary N) is 4. The molecule has 15 nitrogen and oxygen atoms in total. The van der Waals surface area contributed by atoms with Gasteiger partial charge in [0.1, 0.15) is 35.2 Å². The molecule has 3 unspecified atom stereocenters. The second-order valence-electron chi connectivity index (χ2n) is 17.0. The number of methoxy groups -OCH3 is 2. The standard InChI is InChI=1S/C46H54N8O7/c1-24(2)38(51-45(57)59-6)43(55)53-18-8-10-35(53)41-47-22-33(49-41)28-13-16-31-27(20-28)12-15-30-26(5)32-21-29(14-17-37(32)61-40(30)31)34-23-48-42(50-34)36-11-9-19-54(36)44(56)39(25(3)4)52-46(58)60-7/h12-17,20-26,35-36,38-39H,8-11,18-19H2,1-7H3,(H,47,49)(H,48,50)(H,51,57)(H,52,58)/t26?,35-,36-,38?,39?/m0/s1. The molecule has 0 bridgehead atoms. The predicted molar refractivity (Wildman–Crippen MR) is 229 cm³/mol. The fourth-order valence-corrected chi connectivity index (χ4v) is 9.06. The van der Waals surface area contributed by atoms with Gasteiger partial charge >= 0.3 is 12.2 Å². The Kier molecular flexibility index (Phi) is 11.5. The van der Waals surface area contributed by atoms with Gasteiger partial charge in [-0.1, -0.05) is 52.8 Å². The second-order valence-corrected chi connectivity index (χ2v) is 17.0. The summed E-state index contributed by atoms with van der Waals surface area (Å²) in [5.74, 6) is 2.58. The second kappa shape index (κ2) is 16.9. The van der Waals surface area contributed by atoms with Gasteiger partial charge in [-0.05, 0) is 73.2 Å². The van der Waals surface area contributed by atoms with Crippen molar-refractivity contribution >= 4 is 34.8 Å². The third-order valence-corrected chi connectivity index (χ3v) is 12.5. The highest BCUT2D eigenvalue weighted by Gasteiger charge is 2.39. The summed E-state index contributed by atoms with van der Waals surface area (Å²) in [5.41, 5.74) is 5.77. The largest absolute Gasteiger partial charge is 0.456 e. The van der Waals surface area contributed by atoms with Crippen LogP contribution in [-0.4, -0.2) is 93.1 Å². The van der Waals surface area contributed by atoms with Gasteiger partial charge in [0.05, 0.1) is 50.1 Å². The molecule has 2 aromatic heterocycles. The van der Waals surface area contributed by atoms with Crippen molar-refractivity contribution in [2.75, 3.05) is 27.3 Å². The molecule has 5 atom stereocenters. The van der Waals surface area contributed by atoms with E-state index in [1.165, 1.54) is 14.2 Å². The molecule has 3 aromatic carbocycles. The molecule has 0 aliphatic carbocycles. The van der Waals surface area contributed by atoms with E-state index in [0.717, 1.165) is 81.6 Å². The quantitative estimate of drug-likeness (QED) is 0.108. The average Bonchev–Trinajstić information content (AvgIpc) is 4.11. The lowest BCUT2D eigenvalue weighted by molar-refractivity contribution is -0.136. The van der Waals surface area contributed by atoms with Crippen molar-refractivity contribution in [3.05, 3.63) is 83.7 Å². The van der Waals surface area contributed by atoms with Crippen LogP contribution in [-0.2, 0) is 19.1 Å². The number of alkyl carbamates (subject to hydrolysis) is 2. The fraction of sp³-hybridized carbons (Fsp3) is 0.435. The molecule has 8 rings (SSSR count). The molecule has 4 N–H and O–H groups in total. The molecular formula is C46H54N8O7. The van der Waals surface area contributed by atoms with Crippen LogP contribution in [0.25, 0.3) is 33.3 Å². The number of carbonyl (C=O) groups is 4. The molecular weight excluding hydrogens is 777 g/mol. The van der Waals surface area contributed by atoms with Gasteiger partial charge in [-0.2, -0.15) is 0 Å². The maximum atomic E-state index is 13.7.